The Hall–Kier alpha value is -3.62. The molecule has 4 N–H and O–H groups in total. The Morgan fingerprint density at radius 3 is 2.69 bits per heavy atom. The summed E-state index contributed by atoms with van der Waals surface area (Å²) >= 11 is 0. The molecule has 0 radical (unpaired) electrons. The standard InChI is InChI=1S/C17H16N6O3/c1-7-13(8(2)26-22-7)9-4-10(14-12(5-9)20-17(25)21-14)15-11(16(18)24)6-19-23(15)3/h4-6H,1-3H3,(H2,18,24)(H2,20,21,25). The van der Waals surface area contributed by atoms with Gasteiger partial charge in [-0.05, 0) is 31.5 Å². The van der Waals surface area contributed by atoms with Crippen molar-refractivity contribution >= 4 is 16.9 Å². The minimum atomic E-state index is -0.595. The lowest BCUT2D eigenvalue weighted by Gasteiger charge is -2.09. The second kappa shape index (κ2) is 5.45. The van der Waals surface area contributed by atoms with Crippen LogP contribution in [0.3, 0.4) is 0 Å². The number of carbonyl (C=O) groups is 1. The Labute approximate surface area is 146 Å². The maximum Gasteiger partial charge on any atom is 0.323 e. The van der Waals surface area contributed by atoms with Gasteiger partial charge in [-0.25, -0.2) is 4.79 Å². The summed E-state index contributed by atoms with van der Waals surface area (Å²) < 4.78 is 6.81. The molecule has 0 aliphatic heterocycles. The minimum Gasteiger partial charge on any atom is -0.365 e. The van der Waals surface area contributed by atoms with Gasteiger partial charge in [-0.15, -0.1) is 0 Å². The summed E-state index contributed by atoms with van der Waals surface area (Å²) in [4.78, 5) is 29.3. The summed E-state index contributed by atoms with van der Waals surface area (Å²) in [6.45, 7) is 3.66. The highest BCUT2D eigenvalue weighted by Gasteiger charge is 2.21. The van der Waals surface area contributed by atoms with Crippen LogP contribution in [0.25, 0.3) is 33.4 Å². The van der Waals surface area contributed by atoms with Gasteiger partial charge < -0.3 is 20.2 Å². The van der Waals surface area contributed by atoms with Crippen molar-refractivity contribution < 1.29 is 9.32 Å². The first kappa shape index (κ1) is 15.9. The number of aromatic nitrogens is 5. The lowest BCUT2D eigenvalue weighted by atomic mass is 9.97. The largest absolute Gasteiger partial charge is 0.365 e. The number of amides is 1. The topological polar surface area (TPSA) is 136 Å². The first-order chi connectivity index (χ1) is 12.4. The van der Waals surface area contributed by atoms with Gasteiger partial charge in [-0.2, -0.15) is 5.10 Å². The molecule has 0 unspecified atom stereocenters. The second-order valence-electron chi connectivity index (χ2n) is 6.12. The maximum absolute atomic E-state index is 11.9. The molecule has 0 bridgehead atoms. The van der Waals surface area contributed by atoms with E-state index in [2.05, 4.69) is 20.2 Å². The number of aryl methyl sites for hydroxylation is 3. The van der Waals surface area contributed by atoms with E-state index < -0.39 is 5.91 Å². The SMILES string of the molecule is Cc1noc(C)c1-c1cc(-c2c(C(N)=O)cnn2C)c2[nH]c(=O)[nH]c2c1. The first-order valence-corrected chi connectivity index (χ1v) is 7.88. The highest BCUT2D eigenvalue weighted by Crippen LogP contribution is 2.35. The van der Waals surface area contributed by atoms with Gasteiger partial charge in [-0.1, -0.05) is 5.16 Å². The maximum atomic E-state index is 11.9. The molecule has 132 valence electrons. The van der Waals surface area contributed by atoms with E-state index in [0.717, 1.165) is 16.8 Å². The smallest absolute Gasteiger partial charge is 0.323 e. The fourth-order valence-electron chi connectivity index (χ4n) is 3.31. The van der Waals surface area contributed by atoms with Gasteiger partial charge in [-0.3, -0.25) is 9.48 Å². The summed E-state index contributed by atoms with van der Waals surface area (Å²) in [5.41, 5.74) is 10.1. The normalized spacial score (nSPS) is 11.3. The highest BCUT2D eigenvalue weighted by molar-refractivity contribution is 6.04. The second-order valence-corrected chi connectivity index (χ2v) is 6.12. The van der Waals surface area contributed by atoms with Crippen molar-refractivity contribution in [1.29, 1.82) is 0 Å². The first-order valence-electron chi connectivity index (χ1n) is 7.88. The molecule has 0 aliphatic rings. The van der Waals surface area contributed by atoms with Crippen LogP contribution in [0, 0.1) is 13.8 Å². The number of primary amides is 1. The lowest BCUT2D eigenvalue weighted by Crippen LogP contribution is -2.12. The average molecular weight is 352 g/mol. The van der Waals surface area contributed by atoms with Crippen LogP contribution in [-0.2, 0) is 7.05 Å². The van der Waals surface area contributed by atoms with Crippen molar-refractivity contribution in [3.8, 4) is 22.4 Å². The molecule has 9 nitrogen and oxygen atoms in total. The third-order valence-electron chi connectivity index (χ3n) is 4.41. The number of imidazole rings is 1. The predicted molar refractivity (Wildman–Crippen MR) is 94.6 cm³/mol. The number of H-pyrrole nitrogens is 2. The molecular formula is C17H16N6O3. The van der Waals surface area contributed by atoms with E-state index in [1.807, 2.05) is 26.0 Å². The highest BCUT2D eigenvalue weighted by atomic mass is 16.5. The van der Waals surface area contributed by atoms with Crippen LogP contribution in [0.1, 0.15) is 21.8 Å². The number of rotatable bonds is 3. The van der Waals surface area contributed by atoms with Gasteiger partial charge in [0.1, 0.15) is 5.76 Å². The number of hydrogen-bond acceptors (Lipinski definition) is 5. The fraction of sp³-hybridized carbons (Fsp3) is 0.176. The summed E-state index contributed by atoms with van der Waals surface area (Å²) in [6, 6.07) is 3.70. The molecule has 0 aliphatic carbocycles. The van der Waals surface area contributed by atoms with Crippen molar-refractivity contribution in [2.75, 3.05) is 0 Å². The molecule has 9 heteroatoms. The van der Waals surface area contributed by atoms with Crippen LogP contribution in [0.5, 0.6) is 0 Å². The lowest BCUT2D eigenvalue weighted by molar-refractivity contribution is 0.100. The zero-order chi connectivity index (χ0) is 18.6. The van der Waals surface area contributed by atoms with Crippen LogP contribution in [0.15, 0.2) is 27.6 Å². The van der Waals surface area contributed by atoms with Gasteiger partial charge in [0.05, 0.1) is 34.2 Å². The summed E-state index contributed by atoms with van der Waals surface area (Å²) in [5, 5.41) is 8.13. The summed E-state index contributed by atoms with van der Waals surface area (Å²) in [7, 11) is 1.71. The number of hydrogen-bond donors (Lipinski definition) is 3. The molecule has 0 fully saturated rings. The van der Waals surface area contributed by atoms with Crippen LogP contribution in [0.2, 0.25) is 0 Å². The molecule has 26 heavy (non-hydrogen) atoms. The molecule has 1 amide bonds. The number of aromatic amines is 2. The van der Waals surface area contributed by atoms with Crippen molar-refractivity contribution in [3.63, 3.8) is 0 Å². The van der Waals surface area contributed by atoms with Crippen LogP contribution >= 0.6 is 0 Å². The molecule has 0 saturated carbocycles. The van der Waals surface area contributed by atoms with Crippen LogP contribution in [-0.4, -0.2) is 30.8 Å². The van der Waals surface area contributed by atoms with Gasteiger partial charge in [0, 0.05) is 18.2 Å². The molecule has 0 saturated heterocycles. The summed E-state index contributed by atoms with van der Waals surface area (Å²) in [5.74, 6) is 0.0627. The van der Waals surface area contributed by atoms with Gasteiger partial charge >= 0.3 is 5.69 Å². The Kier molecular flexibility index (Phi) is 3.33. The number of benzene rings is 1. The van der Waals surface area contributed by atoms with E-state index >= 15 is 0 Å². The van der Waals surface area contributed by atoms with Crippen molar-refractivity contribution in [1.82, 2.24) is 24.9 Å². The van der Waals surface area contributed by atoms with Crippen LogP contribution in [0.4, 0.5) is 0 Å². The average Bonchev–Trinajstić information content (AvgIpc) is 3.23. The van der Waals surface area contributed by atoms with Crippen molar-refractivity contribution in [2.45, 2.75) is 13.8 Å². The minimum absolute atomic E-state index is 0.270. The third kappa shape index (κ3) is 2.25. The number of nitrogens with one attached hydrogen (secondary N) is 2. The fourth-order valence-corrected chi connectivity index (χ4v) is 3.31. The Morgan fingerprint density at radius 2 is 2.04 bits per heavy atom. The van der Waals surface area contributed by atoms with Crippen molar-refractivity contribution in [2.24, 2.45) is 12.8 Å². The predicted octanol–water partition coefficient (Wildman–Crippen LogP) is 1.63. The van der Waals surface area contributed by atoms with E-state index in [1.54, 1.807) is 11.7 Å². The van der Waals surface area contributed by atoms with E-state index in [-0.39, 0.29) is 11.3 Å². The van der Waals surface area contributed by atoms with Gasteiger partial charge in [0.25, 0.3) is 5.91 Å². The van der Waals surface area contributed by atoms with E-state index in [0.29, 0.717) is 28.1 Å². The molecule has 4 rings (SSSR count). The Morgan fingerprint density at radius 1 is 1.27 bits per heavy atom. The molecule has 0 atom stereocenters. The molecule has 3 aromatic heterocycles. The van der Waals surface area contributed by atoms with Gasteiger partial charge in [0.2, 0.25) is 0 Å². The number of fused-ring (bicyclic) bond motifs is 1. The van der Waals surface area contributed by atoms with Crippen molar-refractivity contribution in [3.05, 3.63) is 45.8 Å². The quantitative estimate of drug-likeness (QED) is 0.515. The number of nitrogens with zero attached hydrogens (tertiary/aromatic N) is 3. The molecule has 3 heterocycles. The van der Waals surface area contributed by atoms with E-state index in [4.69, 9.17) is 10.3 Å². The zero-order valence-corrected chi connectivity index (χ0v) is 14.4. The molecule has 0 spiro atoms. The van der Waals surface area contributed by atoms with E-state index in [9.17, 15) is 9.59 Å². The van der Waals surface area contributed by atoms with Crippen LogP contribution < -0.4 is 11.4 Å². The zero-order valence-electron chi connectivity index (χ0n) is 14.4. The number of carbonyl (C=O) groups excluding carboxylic acids is 1. The Bertz CT molecular complexity index is 1200. The molecule has 4 aromatic rings. The number of nitrogens with two attached hydrogens (primary N) is 1. The summed E-state index contributed by atoms with van der Waals surface area (Å²) in [6.07, 6.45) is 1.41. The Balaban J connectivity index is 2.11. The molecular weight excluding hydrogens is 336 g/mol. The third-order valence-corrected chi connectivity index (χ3v) is 4.41. The van der Waals surface area contributed by atoms with E-state index in [1.165, 1.54) is 6.20 Å². The molecule has 1 aromatic carbocycles. The monoisotopic (exact) mass is 352 g/mol. The van der Waals surface area contributed by atoms with Gasteiger partial charge in [0.15, 0.2) is 0 Å².